The van der Waals surface area contributed by atoms with Crippen LogP contribution in [0.3, 0.4) is 0 Å². The summed E-state index contributed by atoms with van der Waals surface area (Å²) in [6, 6.07) is 5.57. The third-order valence-electron chi connectivity index (χ3n) is 3.60. The lowest BCUT2D eigenvalue weighted by Gasteiger charge is -2.44. The van der Waals surface area contributed by atoms with E-state index in [2.05, 4.69) is 4.90 Å². The first-order valence-electron chi connectivity index (χ1n) is 7.09. The van der Waals surface area contributed by atoms with Crippen molar-refractivity contribution < 1.29 is 19.4 Å². The molecule has 1 aliphatic rings. The molecular weight excluding hydrogens is 270 g/mol. The smallest absolute Gasteiger partial charge is 0.165 e. The lowest BCUT2D eigenvalue weighted by atomic mass is 10.0. The molecule has 5 nitrogen and oxygen atoms in total. The summed E-state index contributed by atoms with van der Waals surface area (Å²) in [4.78, 5) is 14.1. The van der Waals surface area contributed by atoms with Crippen molar-refractivity contribution in [2.75, 3.05) is 31.7 Å². The molecule has 0 bridgehead atoms. The second-order valence-electron chi connectivity index (χ2n) is 5.97. The van der Waals surface area contributed by atoms with Gasteiger partial charge in [-0.2, -0.15) is 0 Å². The highest BCUT2D eigenvalue weighted by Crippen LogP contribution is 2.33. The van der Waals surface area contributed by atoms with Crippen molar-refractivity contribution in [2.24, 2.45) is 0 Å². The summed E-state index contributed by atoms with van der Waals surface area (Å²) in [7, 11) is 1.56. The highest BCUT2D eigenvalue weighted by atomic mass is 16.5. The van der Waals surface area contributed by atoms with E-state index in [-0.39, 0.29) is 24.1 Å². The maximum atomic E-state index is 12.0. The molecule has 1 aliphatic heterocycles. The molecule has 0 radical (unpaired) electrons. The number of hydrogen-bond donors (Lipinski definition) is 1. The Morgan fingerprint density at radius 1 is 1.52 bits per heavy atom. The molecule has 0 spiro atoms. The molecule has 1 unspecified atom stereocenters. The first-order chi connectivity index (χ1) is 9.88. The molecule has 1 aromatic rings. The zero-order chi connectivity index (χ0) is 15.6. The Morgan fingerprint density at radius 2 is 2.24 bits per heavy atom. The molecular formula is C16H23NO4. The van der Waals surface area contributed by atoms with Gasteiger partial charge in [0.25, 0.3) is 0 Å². The topological polar surface area (TPSA) is 59.0 Å². The number of methoxy groups -OCH3 is 1. The number of carbonyl (C=O) groups excluding carboxylic acids is 1. The van der Waals surface area contributed by atoms with Crippen LogP contribution in [0.5, 0.6) is 5.75 Å². The SMILES string of the molecule is COc1cccc(N2CC(CO)OC(C)(C)C2)c1C(C)=O. The number of nitrogens with zero attached hydrogens (tertiary/aromatic N) is 1. The van der Waals surface area contributed by atoms with Crippen molar-refractivity contribution in [1.29, 1.82) is 0 Å². The van der Waals surface area contributed by atoms with Crippen molar-refractivity contribution in [2.45, 2.75) is 32.5 Å². The van der Waals surface area contributed by atoms with Gasteiger partial charge in [0.1, 0.15) is 5.75 Å². The highest BCUT2D eigenvalue weighted by Gasteiger charge is 2.34. The quantitative estimate of drug-likeness (QED) is 0.859. The van der Waals surface area contributed by atoms with E-state index in [0.29, 0.717) is 24.4 Å². The Labute approximate surface area is 125 Å². The second kappa shape index (κ2) is 6.03. The van der Waals surface area contributed by atoms with Gasteiger partial charge in [0.05, 0.1) is 36.7 Å². The molecule has 1 N–H and O–H groups in total. The van der Waals surface area contributed by atoms with E-state index >= 15 is 0 Å². The maximum absolute atomic E-state index is 12.0. The number of benzene rings is 1. The number of rotatable bonds is 4. The highest BCUT2D eigenvalue weighted by molar-refractivity contribution is 6.02. The molecule has 0 aromatic heterocycles. The standard InChI is InChI=1S/C16H23NO4/c1-11(19)15-13(6-5-7-14(15)20-4)17-8-12(9-18)21-16(2,3)10-17/h5-7,12,18H,8-10H2,1-4H3. The fourth-order valence-electron chi connectivity index (χ4n) is 2.88. The predicted molar refractivity (Wildman–Crippen MR) is 81.2 cm³/mol. The number of hydrogen-bond acceptors (Lipinski definition) is 5. The number of aliphatic hydroxyl groups is 1. The molecule has 0 aliphatic carbocycles. The molecule has 2 rings (SSSR count). The van der Waals surface area contributed by atoms with Gasteiger partial charge in [0, 0.05) is 13.1 Å². The first kappa shape index (κ1) is 15.8. The first-order valence-corrected chi connectivity index (χ1v) is 7.09. The van der Waals surface area contributed by atoms with Gasteiger partial charge in [-0.05, 0) is 32.9 Å². The molecule has 1 saturated heterocycles. The monoisotopic (exact) mass is 293 g/mol. The van der Waals surface area contributed by atoms with Gasteiger partial charge >= 0.3 is 0 Å². The Kier molecular flexibility index (Phi) is 4.54. The third kappa shape index (κ3) is 3.36. The van der Waals surface area contributed by atoms with Crippen LogP contribution in [0.1, 0.15) is 31.1 Å². The van der Waals surface area contributed by atoms with E-state index < -0.39 is 0 Å². The normalized spacial score (nSPS) is 21.2. The molecule has 1 heterocycles. The van der Waals surface area contributed by atoms with Crippen molar-refractivity contribution in [3.8, 4) is 5.75 Å². The fourth-order valence-corrected chi connectivity index (χ4v) is 2.88. The van der Waals surface area contributed by atoms with Gasteiger partial charge in [-0.15, -0.1) is 0 Å². The van der Waals surface area contributed by atoms with Crippen LogP contribution in [0.4, 0.5) is 5.69 Å². The second-order valence-corrected chi connectivity index (χ2v) is 5.97. The van der Waals surface area contributed by atoms with Crippen LogP contribution >= 0.6 is 0 Å². The van der Waals surface area contributed by atoms with Gasteiger partial charge in [-0.3, -0.25) is 4.79 Å². The summed E-state index contributed by atoms with van der Waals surface area (Å²) >= 11 is 0. The number of aliphatic hydroxyl groups excluding tert-OH is 1. The Hall–Kier alpha value is -1.59. The zero-order valence-corrected chi connectivity index (χ0v) is 13.0. The predicted octanol–water partition coefficient (Wildman–Crippen LogP) is 1.87. The van der Waals surface area contributed by atoms with Gasteiger partial charge in [-0.25, -0.2) is 0 Å². The van der Waals surface area contributed by atoms with Crippen molar-refractivity contribution in [3.63, 3.8) is 0 Å². The summed E-state index contributed by atoms with van der Waals surface area (Å²) in [6.45, 7) is 6.66. The van der Waals surface area contributed by atoms with E-state index in [1.54, 1.807) is 13.2 Å². The van der Waals surface area contributed by atoms with Gasteiger partial charge in [-0.1, -0.05) is 6.07 Å². The molecule has 0 saturated carbocycles. The molecule has 0 amide bonds. The van der Waals surface area contributed by atoms with Crippen LogP contribution in [0.15, 0.2) is 18.2 Å². The van der Waals surface area contributed by atoms with E-state index in [1.807, 2.05) is 26.0 Å². The number of ether oxygens (including phenoxy) is 2. The minimum atomic E-state index is -0.386. The van der Waals surface area contributed by atoms with Gasteiger partial charge < -0.3 is 19.5 Å². The van der Waals surface area contributed by atoms with Crippen molar-refractivity contribution >= 4 is 11.5 Å². The minimum absolute atomic E-state index is 0.0349. The summed E-state index contributed by atoms with van der Waals surface area (Å²) < 4.78 is 11.1. The van der Waals surface area contributed by atoms with Gasteiger partial charge in [0.2, 0.25) is 0 Å². The van der Waals surface area contributed by atoms with E-state index in [4.69, 9.17) is 9.47 Å². The summed E-state index contributed by atoms with van der Waals surface area (Å²) in [5.74, 6) is 0.539. The third-order valence-corrected chi connectivity index (χ3v) is 3.60. The number of ketones is 1. The lowest BCUT2D eigenvalue weighted by molar-refractivity contribution is -0.101. The summed E-state index contributed by atoms with van der Waals surface area (Å²) in [6.07, 6.45) is -0.264. The fraction of sp³-hybridized carbons (Fsp3) is 0.562. The minimum Gasteiger partial charge on any atom is -0.496 e. The maximum Gasteiger partial charge on any atom is 0.165 e. The van der Waals surface area contributed by atoms with Crippen LogP contribution < -0.4 is 9.64 Å². The number of anilines is 1. The van der Waals surface area contributed by atoms with E-state index in [1.165, 1.54) is 6.92 Å². The number of Topliss-reactive ketones (excluding diaryl/α,β-unsaturated/α-hetero) is 1. The molecule has 1 atom stereocenters. The Morgan fingerprint density at radius 3 is 2.81 bits per heavy atom. The molecule has 5 heteroatoms. The zero-order valence-electron chi connectivity index (χ0n) is 13.0. The molecule has 1 aromatic carbocycles. The van der Waals surface area contributed by atoms with Gasteiger partial charge in [0.15, 0.2) is 5.78 Å². The Bertz CT molecular complexity index is 527. The average Bonchev–Trinajstić information content (AvgIpc) is 2.44. The van der Waals surface area contributed by atoms with E-state index in [0.717, 1.165) is 5.69 Å². The Balaban J connectivity index is 2.43. The molecule has 1 fully saturated rings. The van der Waals surface area contributed by atoms with Crippen LogP contribution in [0.25, 0.3) is 0 Å². The van der Waals surface area contributed by atoms with Crippen LogP contribution in [0.2, 0.25) is 0 Å². The largest absolute Gasteiger partial charge is 0.496 e. The number of morpholine rings is 1. The van der Waals surface area contributed by atoms with Crippen molar-refractivity contribution in [1.82, 2.24) is 0 Å². The van der Waals surface area contributed by atoms with E-state index in [9.17, 15) is 9.90 Å². The summed E-state index contributed by atoms with van der Waals surface area (Å²) in [5.41, 5.74) is 1.02. The number of carbonyl (C=O) groups is 1. The molecule has 116 valence electrons. The summed E-state index contributed by atoms with van der Waals surface area (Å²) in [5, 5.41) is 9.42. The van der Waals surface area contributed by atoms with Crippen molar-refractivity contribution in [3.05, 3.63) is 23.8 Å². The molecule has 21 heavy (non-hydrogen) atoms. The van der Waals surface area contributed by atoms with Crippen LogP contribution in [-0.4, -0.2) is 49.4 Å². The van der Waals surface area contributed by atoms with Crippen LogP contribution in [0, 0.1) is 0 Å². The lowest BCUT2D eigenvalue weighted by Crippen LogP contribution is -2.54. The van der Waals surface area contributed by atoms with Crippen LogP contribution in [-0.2, 0) is 4.74 Å². The average molecular weight is 293 g/mol.